The summed E-state index contributed by atoms with van der Waals surface area (Å²) in [5.41, 5.74) is 8.04. The van der Waals surface area contributed by atoms with E-state index in [2.05, 4.69) is 5.32 Å². The van der Waals surface area contributed by atoms with Crippen LogP contribution >= 0.6 is 23.2 Å². The molecule has 1 amide bonds. The van der Waals surface area contributed by atoms with E-state index in [-0.39, 0.29) is 5.91 Å². The lowest BCUT2D eigenvalue weighted by molar-refractivity contribution is 0.102. The van der Waals surface area contributed by atoms with Crippen LogP contribution < -0.4 is 11.1 Å². The molecule has 98 valence electrons. The van der Waals surface area contributed by atoms with Gasteiger partial charge >= 0.3 is 0 Å². The molecule has 0 aliphatic carbocycles. The standard InChI is InChI=1S/C14H12Cl2N2O/c1-8-2-4-10(7-12(8)16)18-14(19)11-5-3-9(15)6-13(11)17/h2-7H,17H2,1H3,(H,18,19). The molecule has 0 radical (unpaired) electrons. The number of nitrogen functional groups attached to an aromatic ring is 1. The number of nitrogens with two attached hydrogens (primary N) is 1. The molecule has 0 spiro atoms. The van der Waals surface area contributed by atoms with E-state index in [0.717, 1.165) is 5.56 Å². The van der Waals surface area contributed by atoms with Gasteiger partial charge in [0.25, 0.3) is 5.91 Å². The van der Waals surface area contributed by atoms with E-state index < -0.39 is 0 Å². The Kier molecular flexibility index (Phi) is 3.98. The van der Waals surface area contributed by atoms with Gasteiger partial charge in [-0.2, -0.15) is 0 Å². The molecule has 0 bridgehead atoms. The van der Waals surface area contributed by atoms with E-state index in [0.29, 0.717) is 27.0 Å². The average molecular weight is 295 g/mol. The summed E-state index contributed by atoms with van der Waals surface area (Å²) in [6.45, 7) is 1.89. The van der Waals surface area contributed by atoms with Crippen LogP contribution in [0.15, 0.2) is 36.4 Å². The van der Waals surface area contributed by atoms with E-state index in [1.54, 1.807) is 30.3 Å². The van der Waals surface area contributed by atoms with Gasteiger partial charge in [-0.25, -0.2) is 0 Å². The molecule has 2 rings (SSSR count). The van der Waals surface area contributed by atoms with Crippen LogP contribution in [-0.4, -0.2) is 5.91 Å². The molecule has 0 aromatic heterocycles. The van der Waals surface area contributed by atoms with Crippen molar-refractivity contribution in [3.05, 3.63) is 57.6 Å². The second-order valence-electron chi connectivity index (χ2n) is 4.15. The molecule has 0 saturated heterocycles. The molecule has 2 aromatic rings. The second kappa shape index (κ2) is 5.51. The first-order chi connectivity index (χ1) is 8.97. The zero-order chi connectivity index (χ0) is 14.0. The number of rotatable bonds is 2. The van der Waals surface area contributed by atoms with Gasteiger partial charge in [0.05, 0.1) is 5.56 Å². The fourth-order valence-corrected chi connectivity index (χ4v) is 1.97. The van der Waals surface area contributed by atoms with Gasteiger partial charge in [0.2, 0.25) is 0 Å². The van der Waals surface area contributed by atoms with E-state index >= 15 is 0 Å². The van der Waals surface area contributed by atoms with Crippen LogP contribution in [0.3, 0.4) is 0 Å². The zero-order valence-corrected chi connectivity index (χ0v) is 11.7. The van der Waals surface area contributed by atoms with Gasteiger partial charge in [-0.1, -0.05) is 29.3 Å². The smallest absolute Gasteiger partial charge is 0.257 e. The number of hydrogen-bond acceptors (Lipinski definition) is 2. The molecule has 0 saturated carbocycles. The van der Waals surface area contributed by atoms with Crippen molar-refractivity contribution >= 4 is 40.5 Å². The maximum Gasteiger partial charge on any atom is 0.257 e. The summed E-state index contributed by atoms with van der Waals surface area (Å²) in [6, 6.07) is 10.1. The number of carbonyl (C=O) groups excluding carboxylic acids is 1. The lowest BCUT2D eigenvalue weighted by atomic mass is 10.1. The summed E-state index contributed by atoms with van der Waals surface area (Å²) < 4.78 is 0. The average Bonchev–Trinajstić information content (AvgIpc) is 2.33. The van der Waals surface area contributed by atoms with Crippen molar-refractivity contribution in [2.24, 2.45) is 0 Å². The quantitative estimate of drug-likeness (QED) is 0.818. The predicted octanol–water partition coefficient (Wildman–Crippen LogP) is 4.14. The molecule has 0 unspecified atom stereocenters. The van der Waals surface area contributed by atoms with Gasteiger partial charge in [0, 0.05) is 21.4 Å². The summed E-state index contributed by atoms with van der Waals surface area (Å²) in [4.78, 5) is 12.1. The molecule has 0 aliphatic rings. The Labute approximate surface area is 121 Å². The Morgan fingerprint density at radius 1 is 1.16 bits per heavy atom. The highest BCUT2D eigenvalue weighted by atomic mass is 35.5. The molecular weight excluding hydrogens is 283 g/mol. The van der Waals surface area contributed by atoms with Crippen molar-refractivity contribution in [2.75, 3.05) is 11.1 Å². The molecular formula is C14H12Cl2N2O. The molecule has 5 heteroatoms. The normalized spacial score (nSPS) is 10.3. The number of nitrogens with one attached hydrogen (secondary N) is 1. The summed E-state index contributed by atoms with van der Waals surface area (Å²) in [5, 5.41) is 3.83. The van der Waals surface area contributed by atoms with Crippen molar-refractivity contribution in [3.63, 3.8) is 0 Å². The number of hydrogen-bond donors (Lipinski definition) is 2. The van der Waals surface area contributed by atoms with Gasteiger partial charge in [-0.15, -0.1) is 0 Å². The maximum atomic E-state index is 12.1. The van der Waals surface area contributed by atoms with Crippen molar-refractivity contribution in [1.82, 2.24) is 0 Å². The highest BCUT2D eigenvalue weighted by Crippen LogP contribution is 2.22. The number of amides is 1. The number of benzene rings is 2. The Bertz CT molecular complexity index is 641. The number of anilines is 2. The van der Waals surface area contributed by atoms with Gasteiger partial charge in [0.15, 0.2) is 0 Å². The monoisotopic (exact) mass is 294 g/mol. The first-order valence-corrected chi connectivity index (χ1v) is 6.35. The van der Waals surface area contributed by atoms with Gasteiger partial charge in [0.1, 0.15) is 0 Å². The Balaban J connectivity index is 2.23. The van der Waals surface area contributed by atoms with Crippen LogP contribution in [0.25, 0.3) is 0 Å². The molecule has 0 aliphatic heterocycles. The molecule has 0 heterocycles. The lowest BCUT2D eigenvalue weighted by Gasteiger charge is -2.09. The summed E-state index contributed by atoms with van der Waals surface area (Å²) in [5.74, 6) is -0.297. The van der Waals surface area contributed by atoms with Crippen LogP contribution in [0.4, 0.5) is 11.4 Å². The third kappa shape index (κ3) is 3.19. The van der Waals surface area contributed by atoms with Crippen LogP contribution in [-0.2, 0) is 0 Å². The Hall–Kier alpha value is -1.71. The number of aryl methyl sites for hydroxylation is 1. The van der Waals surface area contributed by atoms with Crippen LogP contribution in [0.1, 0.15) is 15.9 Å². The fraction of sp³-hybridized carbons (Fsp3) is 0.0714. The fourth-order valence-electron chi connectivity index (χ4n) is 1.61. The SMILES string of the molecule is Cc1ccc(NC(=O)c2ccc(Cl)cc2N)cc1Cl. The largest absolute Gasteiger partial charge is 0.398 e. The first-order valence-electron chi connectivity index (χ1n) is 5.60. The van der Waals surface area contributed by atoms with Crippen molar-refractivity contribution < 1.29 is 4.79 Å². The van der Waals surface area contributed by atoms with Gasteiger partial charge in [-0.3, -0.25) is 4.79 Å². The van der Waals surface area contributed by atoms with Crippen LogP contribution in [0.5, 0.6) is 0 Å². The third-order valence-electron chi connectivity index (χ3n) is 2.69. The third-order valence-corrected chi connectivity index (χ3v) is 3.33. The van der Waals surface area contributed by atoms with Crippen LogP contribution in [0, 0.1) is 6.92 Å². The summed E-state index contributed by atoms with van der Waals surface area (Å²) in [6.07, 6.45) is 0. The van der Waals surface area contributed by atoms with Crippen LogP contribution in [0.2, 0.25) is 10.0 Å². The highest BCUT2D eigenvalue weighted by molar-refractivity contribution is 6.32. The van der Waals surface area contributed by atoms with Crippen molar-refractivity contribution in [2.45, 2.75) is 6.92 Å². The summed E-state index contributed by atoms with van der Waals surface area (Å²) >= 11 is 11.8. The van der Waals surface area contributed by atoms with Gasteiger partial charge in [-0.05, 0) is 42.8 Å². The topological polar surface area (TPSA) is 55.1 Å². The van der Waals surface area contributed by atoms with Crippen molar-refractivity contribution in [1.29, 1.82) is 0 Å². The predicted molar refractivity (Wildman–Crippen MR) is 80.0 cm³/mol. The summed E-state index contributed by atoms with van der Waals surface area (Å²) in [7, 11) is 0. The second-order valence-corrected chi connectivity index (χ2v) is 4.99. The minimum Gasteiger partial charge on any atom is -0.398 e. The molecule has 3 nitrogen and oxygen atoms in total. The van der Waals surface area contributed by atoms with Crippen molar-refractivity contribution in [3.8, 4) is 0 Å². The van der Waals surface area contributed by atoms with E-state index in [4.69, 9.17) is 28.9 Å². The Morgan fingerprint density at radius 3 is 2.53 bits per heavy atom. The molecule has 0 fully saturated rings. The minimum absolute atomic E-state index is 0.297. The van der Waals surface area contributed by atoms with E-state index in [9.17, 15) is 4.79 Å². The molecule has 0 atom stereocenters. The van der Waals surface area contributed by atoms with E-state index in [1.165, 1.54) is 0 Å². The maximum absolute atomic E-state index is 12.1. The van der Waals surface area contributed by atoms with E-state index in [1.807, 2.05) is 13.0 Å². The molecule has 2 aromatic carbocycles. The Morgan fingerprint density at radius 2 is 1.89 bits per heavy atom. The minimum atomic E-state index is -0.297. The number of carbonyl (C=O) groups is 1. The number of halogens is 2. The molecule has 19 heavy (non-hydrogen) atoms. The first kappa shape index (κ1) is 13.7. The highest BCUT2D eigenvalue weighted by Gasteiger charge is 2.10. The zero-order valence-electron chi connectivity index (χ0n) is 10.2. The lowest BCUT2D eigenvalue weighted by Crippen LogP contribution is -2.14. The molecule has 3 N–H and O–H groups in total. The van der Waals surface area contributed by atoms with Gasteiger partial charge < -0.3 is 11.1 Å².